The maximum Gasteiger partial charge on any atom is 0.212 e. The van der Waals surface area contributed by atoms with Crippen LogP contribution in [0.1, 0.15) is 5.56 Å². The number of hydrogen-bond donors (Lipinski definition) is 1. The van der Waals surface area contributed by atoms with Crippen molar-refractivity contribution in [3.63, 3.8) is 0 Å². The van der Waals surface area contributed by atoms with Crippen molar-refractivity contribution in [1.82, 2.24) is 4.98 Å². The van der Waals surface area contributed by atoms with Crippen LogP contribution >= 0.6 is 11.8 Å². The number of anilines is 1. The Morgan fingerprint density at radius 2 is 2.17 bits per heavy atom. The predicted octanol–water partition coefficient (Wildman–Crippen LogP) is 3.42. The first-order valence-electron chi connectivity index (χ1n) is 5.68. The van der Waals surface area contributed by atoms with Gasteiger partial charge in [-0.15, -0.1) is 11.8 Å². The summed E-state index contributed by atoms with van der Waals surface area (Å²) >= 11 is 1.74. The first-order chi connectivity index (χ1) is 8.81. The van der Waals surface area contributed by atoms with Gasteiger partial charge in [0.15, 0.2) is 0 Å². The lowest BCUT2D eigenvalue weighted by Crippen LogP contribution is -2.00. The maximum absolute atomic E-state index is 5.03. The van der Waals surface area contributed by atoms with Crippen molar-refractivity contribution in [2.75, 3.05) is 18.7 Å². The van der Waals surface area contributed by atoms with Gasteiger partial charge in [-0.25, -0.2) is 4.98 Å². The van der Waals surface area contributed by atoms with Gasteiger partial charge >= 0.3 is 0 Å². The van der Waals surface area contributed by atoms with E-state index in [2.05, 4.69) is 40.8 Å². The molecule has 0 fully saturated rings. The summed E-state index contributed by atoms with van der Waals surface area (Å²) in [6, 6.07) is 12.2. The van der Waals surface area contributed by atoms with Crippen LogP contribution in [0.15, 0.2) is 47.5 Å². The van der Waals surface area contributed by atoms with Gasteiger partial charge in [-0.05, 0) is 30.0 Å². The number of aromatic nitrogens is 1. The average molecular weight is 260 g/mol. The number of ether oxygens (including phenoxy) is 1. The van der Waals surface area contributed by atoms with Gasteiger partial charge in [0.2, 0.25) is 5.88 Å². The molecule has 3 nitrogen and oxygen atoms in total. The zero-order chi connectivity index (χ0) is 12.8. The van der Waals surface area contributed by atoms with E-state index in [0.29, 0.717) is 5.88 Å². The number of hydrogen-bond acceptors (Lipinski definition) is 4. The molecule has 1 heterocycles. The van der Waals surface area contributed by atoms with Gasteiger partial charge in [0.05, 0.1) is 7.11 Å². The van der Waals surface area contributed by atoms with Crippen molar-refractivity contribution in [3.8, 4) is 5.88 Å². The third-order valence-corrected chi connectivity index (χ3v) is 3.30. The van der Waals surface area contributed by atoms with E-state index in [0.717, 1.165) is 17.8 Å². The lowest BCUT2D eigenvalue weighted by atomic mass is 10.2. The van der Waals surface area contributed by atoms with Crippen molar-refractivity contribution in [2.45, 2.75) is 11.4 Å². The summed E-state index contributed by atoms with van der Waals surface area (Å²) in [6.45, 7) is 0.759. The minimum atomic E-state index is 0.642. The molecular formula is C14H16N2OS. The van der Waals surface area contributed by atoms with Crippen LogP contribution in [0.2, 0.25) is 0 Å². The zero-order valence-electron chi connectivity index (χ0n) is 10.5. The fraction of sp³-hybridized carbons (Fsp3) is 0.214. The number of methoxy groups -OCH3 is 1. The summed E-state index contributed by atoms with van der Waals surface area (Å²) in [5.74, 6) is 0.642. The van der Waals surface area contributed by atoms with Gasteiger partial charge in [0, 0.05) is 29.4 Å². The molecule has 0 bridgehead atoms. The predicted molar refractivity (Wildman–Crippen MR) is 76.3 cm³/mol. The SMILES string of the molecule is COc1ccc(CNc2cccc(SC)c2)cn1. The van der Waals surface area contributed by atoms with Crippen LogP contribution in [-0.4, -0.2) is 18.3 Å². The molecule has 2 aromatic rings. The van der Waals surface area contributed by atoms with Gasteiger partial charge in [-0.2, -0.15) is 0 Å². The molecule has 1 N–H and O–H groups in total. The topological polar surface area (TPSA) is 34.1 Å². The van der Waals surface area contributed by atoms with Crippen molar-refractivity contribution < 1.29 is 4.74 Å². The molecular weight excluding hydrogens is 244 g/mol. The molecule has 0 atom stereocenters. The Kier molecular flexibility index (Phi) is 4.47. The molecule has 18 heavy (non-hydrogen) atoms. The van der Waals surface area contributed by atoms with Crippen LogP contribution in [-0.2, 0) is 6.54 Å². The summed E-state index contributed by atoms with van der Waals surface area (Å²) in [5.41, 5.74) is 2.25. The second-order valence-electron chi connectivity index (χ2n) is 3.79. The van der Waals surface area contributed by atoms with Crippen molar-refractivity contribution in [3.05, 3.63) is 48.2 Å². The van der Waals surface area contributed by atoms with E-state index in [4.69, 9.17) is 4.74 Å². The molecule has 0 aliphatic carbocycles. The Bertz CT molecular complexity index is 499. The Hall–Kier alpha value is -1.68. The monoisotopic (exact) mass is 260 g/mol. The van der Waals surface area contributed by atoms with Crippen LogP contribution < -0.4 is 10.1 Å². The van der Waals surface area contributed by atoms with E-state index in [-0.39, 0.29) is 0 Å². The normalized spacial score (nSPS) is 10.1. The van der Waals surface area contributed by atoms with Crippen molar-refractivity contribution in [1.29, 1.82) is 0 Å². The number of rotatable bonds is 5. The zero-order valence-corrected chi connectivity index (χ0v) is 11.3. The number of pyridine rings is 1. The summed E-state index contributed by atoms with van der Waals surface area (Å²) < 4.78 is 5.03. The first-order valence-corrected chi connectivity index (χ1v) is 6.91. The van der Waals surface area contributed by atoms with Crippen LogP contribution in [0.3, 0.4) is 0 Å². The van der Waals surface area contributed by atoms with Crippen molar-refractivity contribution in [2.24, 2.45) is 0 Å². The average Bonchev–Trinajstić information content (AvgIpc) is 2.46. The quantitative estimate of drug-likeness (QED) is 0.835. The Morgan fingerprint density at radius 3 is 2.83 bits per heavy atom. The Morgan fingerprint density at radius 1 is 1.28 bits per heavy atom. The lowest BCUT2D eigenvalue weighted by molar-refractivity contribution is 0.397. The highest BCUT2D eigenvalue weighted by Gasteiger charge is 1.97. The van der Waals surface area contributed by atoms with E-state index in [1.54, 1.807) is 18.9 Å². The second kappa shape index (κ2) is 6.31. The maximum atomic E-state index is 5.03. The molecule has 0 saturated heterocycles. The smallest absolute Gasteiger partial charge is 0.212 e. The van der Waals surface area contributed by atoms with Gasteiger partial charge in [-0.3, -0.25) is 0 Å². The third-order valence-electron chi connectivity index (χ3n) is 2.57. The molecule has 0 unspecified atom stereocenters. The van der Waals surface area contributed by atoms with E-state index >= 15 is 0 Å². The standard InChI is InChI=1S/C14H16N2OS/c1-17-14-7-6-11(10-16-14)9-15-12-4-3-5-13(8-12)18-2/h3-8,10,15H,9H2,1-2H3. The van der Waals surface area contributed by atoms with Gasteiger partial charge < -0.3 is 10.1 Å². The van der Waals surface area contributed by atoms with Gasteiger partial charge in [0.25, 0.3) is 0 Å². The molecule has 0 amide bonds. The molecule has 1 aromatic carbocycles. The summed E-state index contributed by atoms with van der Waals surface area (Å²) in [7, 11) is 1.62. The van der Waals surface area contributed by atoms with E-state index < -0.39 is 0 Å². The van der Waals surface area contributed by atoms with Crippen LogP contribution in [0, 0.1) is 0 Å². The van der Waals surface area contributed by atoms with Crippen LogP contribution in [0.4, 0.5) is 5.69 Å². The molecule has 1 aromatic heterocycles. The molecule has 0 aliphatic heterocycles. The van der Waals surface area contributed by atoms with E-state index in [9.17, 15) is 0 Å². The van der Waals surface area contributed by atoms with E-state index in [1.165, 1.54) is 4.90 Å². The Labute approximate surface area is 112 Å². The number of benzene rings is 1. The molecule has 0 aliphatic rings. The first kappa shape index (κ1) is 12.8. The van der Waals surface area contributed by atoms with E-state index in [1.807, 2.05) is 18.3 Å². The molecule has 94 valence electrons. The summed E-state index contributed by atoms with van der Waals surface area (Å²) in [6.07, 6.45) is 3.90. The van der Waals surface area contributed by atoms with Crippen LogP contribution in [0.5, 0.6) is 5.88 Å². The minimum absolute atomic E-state index is 0.642. The fourth-order valence-corrected chi connectivity index (χ4v) is 2.03. The highest BCUT2D eigenvalue weighted by atomic mass is 32.2. The minimum Gasteiger partial charge on any atom is -0.481 e. The highest BCUT2D eigenvalue weighted by molar-refractivity contribution is 7.98. The largest absolute Gasteiger partial charge is 0.481 e. The Balaban J connectivity index is 1.97. The molecule has 0 radical (unpaired) electrons. The third kappa shape index (κ3) is 3.40. The number of nitrogens with one attached hydrogen (secondary N) is 1. The number of thioether (sulfide) groups is 1. The van der Waals surface area contributed by atoms with Gasteiger partial charge in [0.1, 0.15) is 0 Å². The molecule has 0 spiro atoms. The number of nitrogens with zero attached hydrogens (tertiary/aromatic N) is 1. The lowest BCUT2D eigenvalue weighted by Gasteiger charge is -2.08. The molecule has 0 saturated carbocycles. The summed E-state index contributed by atoms with van der Waals surface area (Å²) in [4.78, 5) is 5.43. The second-order valence-corrected chi connectivity index (χ2v) is 4.67. The molecule has 2 rings (SSSR count). The highest BCUT2D eigenvalue weighted by Crippen LogP contribution is 2.19. The van der Waals surface area contributed by atoms with Crippen molar-refractivity contribution >= 4 is 17.4 Å². The summed E-state index contributed by atoms with van der Waals surface area (Å²) in [5, 5.41) is 3.38. The van der Waals surface area contributed by atoms with Gasteiger partial charge in [-0.1, -0.05) is 12.1 Å². The van der Waals surface area contributed by atoms with Crippen LogP contribution in [0.25, 0.3) is 0 Å². The molecule has 4 heteroatoms. The fourth-order valence-electron chi connectivity index (χ4n) is 1.57.